The minimum absolute atomic E-state index is 0.374. The van der Waals surface area contributed by atoms with Crippen LogP contribution in [0.5, 0.6) is 0 Å². The van der Waals surface area contributed by atoms with E-state index in [1.54, 1.807) is 0 Å². The Morgan fingerprint density at radius 3 is 1.33 bits per heavy atom. The zero-order valence-corrected chi connectivity index (χ0v) is 17.2. The summed E-state index contributed by atoms with van der Waals surface area (Å²) in [6, 6.07) is 30.6. The lowest BCUT2D eigenvalue weighted by Gasteiger charge is -2.22. The van der Waals surface area contributed by atoms with Gasteiger partial charge >= 0.3 is 0 Å². The molecule has 4 aromatic carbocycles. The first-order chi connectivity index (χ1) is 14.7. The van der Waals surface area contributed by atoms with Gasteiger partial charge in [-0.3, -0.25) is 0 Å². The van der Waals surface area contributed by atoms with Gasteiger partial charge in [-0.2, -0.15) is 0 Å². The van der Waals surface area contributed by atoms with Crippen LogP contribution >= 0.6 is 0 Å². The number of para-hydroxylation sites is 4. The Kier molecular flexibility index (Phi) is 3.76. The zero-order valence-electron chi connectivity index (χ0n) is 17.2. The van der Waals surface area contributed by atoms with Crippen molar-refractivity contribution >= 4 is 43.6 Å². The van der Waals surface area contributed by atoms with E-state index in [4.69, 9.17) is 0 Å². The first-order valence-corrected chi connectivity index (χ1v) is 10.7. The predicted molar refractivity (Wildman–Crippen MR) is 128 cm³/mol. The highest BCUT2D eigenvalue weighted by Crippen LogP contribution is 2.40. The molecular weight excluding hydrogens is 364 g/mol. The highest BCUT2D eigenvalue weighted by Gasteiger charge is 2.22. The van der Waals surface area contributed by atoms with Crippen molar-refractivity contribution in [1.82, 2.24) is 9.97 Å². The molecule has 2 heterocycles. The molecule has 0 saturated carbocycles. The molecule has 2 N–H and O–H groups in total. The summed E-state index contributed by atoms with van der Waals surface area (Å²) in [5, 5.41) is 5.22. The molecule has 2 aromatic heterocycles. The van der Waals surface area contributed by atoms with Crippen LogP contribution in [0.3, 0.4) is 0 Å². The lowest BCUT2D eigenvalue weighted by molar-refractivity contribution is 0.630. The van der Waals surface area contributed by atoms with Crippen LogP contribution in [0.4, 0.5) is 0 Å². The van der Waals surface area contributed by atoms with Crippen LogP contribution in [0.25, 0.3) is 43.6 Å². The van der Waals surface area contributed by atoms with E-state index >= 15 is 0 Å². The van der Waals surface area contributed by atoms with Gasteiger partial charge in [-0.1, -0.05) is 86.6 Å². The van der Waals surface area contributed by atoms with Crippen LogP contribution in [0.15, 0.2) is 84.9 Å². The highest BCUT2D eigenvalue weighted by atomic mass is 14.7. The van der Waals surface area contributed by atoms with Gasteiger partial charge < -0.3 is 9.97 Å². The van der Waals surface area contributed by atoms with Crippen LogP contribution in [-0.4, -0.2) is 9.97 Å². The molecule has 0 aliphatic rings. The molecule has 6 rings (SSSR count). The van der Waals surface area contributed by atoms with Gasteiger partial charge in [-0.15, -0.1) is 0 Å². The van der Waals surface area contributed by atoms with Gasteiger partial charge in [0.1, 0.15) is 0 Å². The van der Waals surface area contributed by atoms with Gasteiger partial charge in [0.15, 0.2) is 0 Å². The molecule has 0 fully saturated rings. The van der Waals surface area contributed by atoms with Crippen molar-refractivity contribution < 1.29 is 0 Å². The van der Waals surface area contributed by atoms with E-state index in [0.29, 0.717) is 11.8 Å². The average Bonchev–Trinajstić information content (AvgIpc) is 3.36. The molecule has 2 heteroatoms. The van der Waals surface area contributed by atoms with Crippen molar-refractivity contribution in [2.24, 2.45) is 0 Å². The van der Waals surface area contributed by atoms with Gasteiger partial charge in [0.25, 0.3) is 0 Å². The van der Waals surface area contributed by atoms with Crippen molar-refractivity contribution in [3.05, 3.63) is 96.1 Å². The van der Waals surface area contributed by atoms with E-state index in [1.165, 1.54) is 54.7 Å². The quantitative estimate of drug-likeness (QED) is 0.309. The number of nitrogens with one attached hydrogen (secondary N) is 2. The number of hydrogen-bond donors (Lipinski definition) is 2. The molecule has 30 heavy (non-hydrogen) atoms. The third-order valence-corrected chi connectivity index (χ3v) is 6.88. The summed E-state index contributed by atoms with van der Waals surface area (Å²) in [4.78, 5) is 7.37. The zero-order chi connectivity index (χ0) is 20.2. The molecule has 0 saturated heterocycles. The Hall–Kier alpha value is -3.52. The van der Waals surface area contributed by atoms with Crippen LogP contribution in [0.1, 0.15) is 36.8 Å². The SMILES string of the molecule is CC(c1cccc2c1[nH]c1ccccc12)C(C)c1cccc2c1[nH]c1ccccc12. The van der Waals surface area contributed by atoms with E-state index in [2.05, 4.69) is 109 Å². The number of H-pyrrole nitrogens is 2. The minimum Gasteiger partial charge on any atom is -0.354 e. The maximum Gasteiger partial charge on any atom is 0.0500 e. The number of rotatable bonds is 3. The molecule has 2 atom stereocenters. The molecule has 0 amide bonds. The molecule has 146 valence electrons. The van der Waals surface area contributed by atoms with E-state index < -0.39 is 0 Å². The summed E-state index contributed by atoms with van der Waals surface area (Å²) in [5.74, 6) is 0.748. The minimum atomic E-state index is 0.374. The lowest BCUT2D eigenvalue weighted by Crippen LogP contribution is -2.06. The fraction of sp³-hybridized carbons (Fsp3) is 0.143. The number of aromatic nitrogens is 2. The Morgan fingerprint density at radius 2 is 0.867 bits per heavy atom. The summed E-state index contributed by atoms with van der Waals surface area (Å²) in [6.45, 7) is 4.71. The van der Waals surface area contributed by atoms with Gasteiger partial charge in [0.2, 0.25) is 0 Å². The topological polar surface area (TPSA) is 31.6 Å². The second kappa shape index (κ2) is 6.50. The third kappa shape index (κ3) is 2.43. The van der Waals surface area contributed by atoms with E-state index in [1.807, 2.05) is 0 Å². The smallest absolute Gasteiger partial charge is 0.0500 e. The summed E-state index contributed by atoms with van der Waals surface area (Å²) >= 11 is 0. The van der Waals surface area contributed by atoms with Crippen molar-refractivity contribution in [1.29, 1.82) is 0 Å². The van der Waals surface area contributed by atoms with Gasteiger partial charge in [0.05, 0.1) is 0 Å². The van der Waals surface area contributed by atoms with Gasteiger partial charge in [-0.05, 0) is 35.1 Å². The molecule has 0 radical (unpaired) electrons. The van der Waals surface area contributed by atoms with Crippen molar-refractivity contribution in [3.8, 4) is 0 Å². The second-order valence-corrected chi connectivity index (χ2v) is 8.46. The molecule has 0 aliphatic carbocycles. The Labute approximate surface area is 175 Å². The van der Waals surface area contributed by atoms with Gasteiger partial charge in [-0.25, -0.2) is 0 Å². The second-order valence-electron chi connectivity index (χ2n) is 8.46. The van der Waals surface area contributed by atoms with Crippen LogP contribution < -0.4 is 0 Å². The largest absolute Gasteiger partial charge is 0.354 e. The van der Waals surface area contributed by atoms with E-state index in [9.17, 15) is 0 Å². The van der Waals surface area contributed by atoms with Crippen LogP contribution in [0, 0.1) is 0 Å². The molecule has 6 aromatic rings. The van der Waals surface area contributed by atoms with Crippen LogP contribution in [0.2, 0.25) is 0 Å². The summed E-state index contributed by atoms with van der Waals surface area (Å²) < 4.78 is 0. The number of fused-ring (bicyclic) bond motifs is 6. The monoisotopic (exact) mass is 388 g/mol. The number of hydrogen-bond acceptors (Lipinski definition) is 0. The maximum absolute atomic E-state index is 3.68. The maximum atomic E-state index is 3.68. The van der Waals surface area contributed by atoms with Gasteiger partial charge in [0, 0.05) is 43.6 Å². The fourth-order valence-electron chi connectivity index (χ4n) is 5.09. The standard InChI is InChI=1S/C28H24N2/c1-17(19-11-7-13-23-21-9-3-5-15-25(21)29-27(19)23)18(2)20-12-8-14-24-22-10-4-6-16-26(22)30-28(20)24/h3-18,29-30H,1-2H3. The Morgan fingerprint density at radius 1 is 0.467 bits per heavy atom. The Balaban J connectivity index is 1.51. The summed E-state index contributed by atoms with van der Waals surface area (Å²) in [6.07, 6.45) is 0. The first-order valence-electron chi connectivity index (χ1n) is 10.7. The number of aromatic amines is 2. The first kappa shape index (κ1) is 17.3. The Bertz CT molecular complexity index is 1410. The average molecular weight is 389 g/mol. The molecule has 0 aliphatic heterocycles. The molecule has 0 bridgehead atoms. The van der Waals surface area contributed by atoms with E-state index in [0.717, 1.165) is 0 Å². The predicted octanol–water partition coefficient (Wildman–Crippen LogP) is 7.86. The molecular formula is C28H24N2. The van der Waals surface area contributed by atoms with Crippen molar-refractivity contribution in [2.75, 3.05) is 0 Å². The van der Waals surface area contributed by atoms with Crippen LogP contribution in [-0.2, 0) is 0 Å². The van der Waals surface area contributed by atoms with E-state index in [-0.39, 0.29) is 0 Å². The normalized spacial score (nSPS) is 14.1. The third-order valence-electron chi connectivity index (χ3n) is 6.88. The highest BCUT2D eigenvalue weighted by molar-refractivity contribution is 6.09. The van der Waals surface area contributed by atoms with Crippen molar-refractivity contribution in [3.63, 3.8) is 0 Å². The lowest BCUT2D eigenvalue weighted by atomic mass is 9.82. The molecule has 2 unspecified atom stereocenters. The van der Waals surface area contributed by atoms with Crippen molar-refractivity contribution in [2.45, 2.75) is 25.7 Å². The molecule has 0 spiro atoms. The summed E-state index contributed by atoms with van der Waals surface area (Å²) in [5.41, 5.74) is 7.70. The molecule has 2 nitrogen and oxygen atoms in total. The fourth-order valence-corrected chi connectivity index (χ4v) is 5.09. The summed E-state index contributed by atoms with van der Waals surface area (Å²) in [7, 11) is 0. The number of benzene rings is 4.